The Balaban J connectivity index is 0.00000162. The predicted molar refractivity (Wildman–Crippen MR) is 72.3 cm³/mol. The zero-order chi connectivity index (χ0) is 12.5. The molecule has 0 amide bonds. The van der Waals surface area contributed by atoms with Gasteiger partial charge in [-0.2, -0.15) is 0 Å². The summed E-state index contributed by atoms with van der Waals surface area (Å²) in [6, 6.07) is 0.291. The van der Waals surface area contributed by atoms with Crippen LogP contribution in [0.2, 0.25) is 0 Å². The Bertz CT molecular complexity index is 263. The van der Waals surface area contributed by atoms with Gasteiger partial charge in [0.15, 0.2) is 0 Å². The monoisotopic (exact) mass is 282 g/mol. The standard InChI is InChI=1S/C13H24F2N2.ClH/c1-10-8-17(6-4-12(10)16)9-11-3-2-5-13(14,15)7-11;/h10-12H,2-9,16H2,1H3;1H. The molecule has 0 aromatic carbocycles. The SMILES string of the molecule is CC1CN(CC2CCCC(F)(F)C2)CCC1N.Cl. The van der Waals surface area contributed by atoms with Gasteiger partial charge in [0.2, 0.25) is 5.92 Å². The van der Waals surface area contributed by atoms with E-state index < -0.39 is 5.92 Å². The molecule has 2 N–H and O–H groups in total. The Hall–Kier alpha value is 0.0700. The van der Waals surface area contributed by atoms with Gasteiger partial charge in [-0.05, 0) is 37.6 Å². The molecule has 2 rings (SSSR count). The number of likely N-dealkylation sites (tertiary alicyclic amines) is 1. The van der Waals surface area contributed by atoms with E-state index in [2.05, 4.69) is 11.8 Å². The third-order valence-electron chi connectivity index (χ3n) is 4.31. The molecule has 1 aliphatic heterocycles. The minimum absolute atomic E-state index is 0. The molecule has 3 atom stereocenters. The molecular formula is C13H25ClF2N2. The fraction of sp³-hybridized carbons (Fsp3) is 1.00. The van der Waals surface area contributed by atoms with Gasteiger partial charge in [0.05, 0.1) is 0 Å². The number of nitrogens with zero attached hydrogens (tertiary/aromatic N) is 1. The summed E-state index contributed by atoms with van der Waals surface area (Å²) < 4.78 is 26.6. The molecule has 18 heavy (non-hydrogen) atoms. The third kappa shape index (κ3) is 4.32. The highest BCUT2D eigenvalue weighted by molar-refractivity contribution is 5.85. The molecule has 1 saturated carbocycles. The zero-order valence-corrected chi connectivity index (χ0v) is 11.9. The molecule has 0 bridgehead atoms. The van der Waals surface area contributed by atoms with Crippen molar-refractivity contribution in [3.8, 4) is 0 Å². The highest BCUT2D eigenvalue weighted by Gasteiger charge is 2.37. The molecule has 0 aromatic heterocycles. The van der Waals surface area contributed by atoms with Gasteiger partial charge in [0.1, 0.15) is 0 Å². The van der Waals surface area contributed by atoms with Crippen LogP contribution in [0.1, 0.15) is 39.0 Å². The van der Waals surface area contributed by atoms with Gasteiger partial charge < -0.3 is 10.6 Å². The molecule has 2 nitrogen and oxygen atoms in total. The van der Waals surface area contributed by atoms with E-state index in [0.717, 1.165) is 32.5 Å². The van der Waals surface area contributed by atoms with Crippen molar-refractivity contribution in [1.29, 1.82) is 0 Å². The van der Waals surface area contributed by atoms with Gasteiger partial charge in [-0.25, -0.2) is 8.78 Å². The summed E-state index contributed by atoms with van der Waals surface area (Å²) in [6.07, 6.45) is 2.83. The topological polar surface area (TPSA) is 29.3 Å². The first-order chi connectivity index (χ1) is 7.96. The molecule has 0 spiro atoms. The van der Waals surface area contributed by atoms with E-state index in [1.54, 1.807) is 0 Å². The summed E-state index contributed by atoms with van der Waals surface area (Å²) in [7, 11) is 0. The van der Waals surface area contributed by atoms with Gasteiger partial charge in [-0.3, -0.25) is 0 Å². The van der Waals surface area contributed by atoms with E-state index in [1.807, 2.05) is 0 Å². The highest BCUT2D eigenvalue weighted by Crippen LogP contribution is 2.37. The van der Waals surface area contributed by atoms with Gasteiger partial charge in [-0.15, -0.1) is 12.4 Å². The van der Waals surface area contributed by atoms with Crippen LogP contribution in [0.15, 0.2) is 0 Å². The minimum Gasteiger partial charge on any atom is -0.327 e. The number of hydrogen-bond donors (Lipinski definition) is 1. The van der Waals surface area contributed by atoms with E-state index in [0.29, 0.717) is 18.4 Å². The summed E-state index contributed by atoms with van der Waals surface area (Å²) >= 11 is 0. The number of piperidine rings is 1. The molecular weight excluding hydrogens is 258 g/mol. The Morgan fingerprint density at radius 2 is 2.06 bits per heavy atom. The summed E-state index contributed by atoms with van der Waals surface area (Å²) in [4.78, 5) is 2.33. The maximum Gasteiger partial charge on any atom is 0.248 e. The van der Waals surface area contributed by atoms with Crippen molar-refractivity contribution in [2.45, 2.75) is 51.0 Å². The Morgan fingerprint density at radius 3 is 2.67 bits per heavy atom. The first-order valence-corrected chi connectivity index (χ1v) is 6.82. The Kier molecular flexibility index (Phi) is 5.81. The van der Waals surface area contributed by atoms with Gasteiger partial charge >= 0.3 is 0 Å². The fourth-order valence-corrected chi connectivity index (χ4v) is 3.21. The minimum atomic E-state index is -2.42. The lowest BCUT2D eigenvalue weighted by atomic mass is 9.85. The van der Waals surface area contributed by atoms with Gasteiger partial charge in [0.25, 0.3) is 0 Å². The molecule has 1 aliphatic carbocycles. The Morgan fingerprint density at radius 1 is 1.33 bits per heavy atom. The average molecular weight is 283 g/mol. The maximum atomic E-state index is 13.3. The lowest BCUT2D eigenvalue weighted by Gasteiger charge is -2.38. The van der Waals surface area contributed by atoms with Crippen LogP contribution >= 0.6 is 12.4 Å². The summed E-state index contributed by atoms with van der Waals surface area (Å²) in [5.41, 5.74) is 5.97. The number of hydrogen-bond acceptors (Lipinski definition) is 2. The second-order valence-corrected chi connectivity index (χ2v) is 6.01. The predicted octanol–water partition coefficient (Wildman–Crippen LogP) is 2.90. The summed E-state index contributed by atoms with van der Waals surface area (Å²) in [6.45, 7) is 4.95. The molecule has 5 heteroatoms. The summed E-state index contributed by atoms with van der Waals surface area (Å²) in [5.74, 6) is -1.74. The molecule has 0 radical (unpaired) electrons. The van der Waals surface area contributed by atoms with Crippen LogP contribution < -0.4 is 5.73 Å². The van der Waals surface area contributed by atoms with Crippen molar-refractivity contribution >= 4 is 12.4 Å². The van der Waals surface area contributed by atoms with Gasteiger partial charge in [-0.1, -0.05) is 6.92 Å². The van der Waals surface area contributed by atoms with Crippen molar-refractivity contribution in [1.82, 2.24) is 4.90 Å². The lowest BCUT2D eigenvalue weighted by Crippen LogP contribution is -2.48. The summed E-state index contributed by atoms with van der Waals surface area (Å²) in [5, 5.41) is 0. The molecule has 108 valence electrons. The van der Waals surface area contributed by atoms with E-state index in [4.69, 9.17) is 5.73 Å². The number of rotatable bonds is 2. The first kappa shape index (κ1) is 16.1. The molecule has 1 heterocycles. The van der Waals surface area contributed by atoms with Crippen LogP contribution in [0.4, 0.5) is 8.78 Å². The van der Waals surface area contributed by atoms with Gasteiger partial charge in [0, 0.05) is 32.0 Å². The van der Waals surface area contributed by atoms with E-state index in [1.165, 1.54) is 0 Å². The van der Waals surface area contributed by atoms with Crippen molar-refractivity contribution < 1.29 is 8.78 Å². The van der Waals surface area contributed by atoms with Crippen LogP contribution in [-0.4, -0.2) is 36.5 Å². The largest absolute Gasteiger partial charge is 0.327 e. The Labute approximate surface area is 115 Å². The highest BCUT2D eigenvalue weighted by atomic mass is 35.5. The molecule has 2 aliphatic rings. The second kappa shape index (κ2) is 6.49. The smallest absolute Gasteiger partial charge is 0.248 e. The number of nitrogens with two attached hydrogens (primary N) is 1. The molecule has 3 unspecified atom stereocenters. The average Bonchev–Trinajstić information content (AvgIpc) is 2.22. The van der Waals surface area contributed by atoms with Crippen molar-refractivity contribution in [2.24, 2.45) is 17.6 Å². The second-order valence-electron chi connectivity index (χ2n) is 6.01. The zero-order valence-electron chi connectivity index (χ0n) is 11.1. The van der Waals surface area contributed by atoms with Crippen LogP contribution in [0, 0.1) is 11.8 Å². The van der Waals surface area contributed by atoms with E-state index in [9.17, 15) is 8.78 Å². The molecule has 0 aromatic rings. The molecule has 1 saturated heterocycles. The van der Waals surface area contributed by atoms with Crippen LogP contribution in [-0.2, 0) is 0 Å². The van der Waals surface area contributed by atoms with E-state index >= 15 is 0 Å². The quantitative estimate of drug-likeness (QED) is 0.844. The maximum absolute atomic E-state index is 13.3. The number of halogens is 3. The lowest BCUT2D eigenvalue weighted by molar-refractivity contribution is -0.0583. The first-order valence-electron chi connectivity index (χ1n) is 6.82. The third-order valence-corrected chi connectivity index (χ3v) is 4.31. The van der Waals surface area contributed by atoms with Crippen LogP contribution in [0.5, 0.6) is 0 Å². The fourth-order valence-electron chi connectivity index (χ4n) is 3.21. The normalized spacial score (nSPS) is 37.0. The van der Waals surface area contributed by atoms with Crippen LogP contribution in [0.3, 0.4) is 0 Å². The van der Waals surface area contributed by atoms with Crippen molar-refractivity contribution in [2.75, 3.05) is 19.6 Å². The molecule has 2 fully saturated rings. The number of alkyl halides is 2. The van der Waals surface area contributed by atoms with Crippen molar-refractivity contribution in [3.63, 3.8) is 0 Å². The van der Waals surface area contributed by atoms with E-state index in [-0.39, 0.29) is 31.2 Å². The van der Waals surface area contributed by atoms with Crippen molar-refractivity contribution in [3.05, 3.63) is 0 Å². The van der Waals surface area contributed by atoms with Crippen LogP contribution in [0.25, 0.3) is 0 Å².